The van der Waals surface area contributed by atoms with Crippen LogP contribution >= 0.6 is 0 Å². The average Bonchev–Trinajstić information content (AvgIpc) is 3.45. The highest BCUT2D eigenvalue weighted by Gasteiger charge is 2.33. The van der Waals surface area contributed by atoms with Crippen LogP contribution in [0.25, 0.3) is 11.1 Å². The normalized spacial score (nSPS) is 18.9. The van der Waals surface area contributed by atoms with Gasteiger partial charge in [0.2, 0.25) is 5.91 Å². The summed E-state index contributed by atoms with van der Waals surface area (Å²) in [6.07, 6.45) is 5.36. The summed E-state index contributed by atoms with van der Waals surface area (Å²) < 4.78 is 1.53. The zero-order valence-electron chi connectivity index (χ0n) is 20.3. The Kier molecular flexibility index (Phi) is 7.09. The van der Waals surface area contributed by atoms with Crippen LogP contribution in [0.5, 0.6) is 0 Å². The second-order valence-electron chi connectivity index (χ2n) is 9.28. The highest BCUT2D eigenvalue weighted by atomic mass is 16.2. The first kappa shape index (κ1) is 23.7. The Hall–Kier alpha value is -3.49. The minimum Gasteiger partial charge on any atom is -0.339 e. The van der Waals surface area contributed by atoms with E-state index in [9.17, 15) is 9.59 Å². The van der Waals surface area contributed by atoms with Crippen molar-refractivity contribution in [3.63, 3.8) is 0 Å². The third-order valence-corrected chi connectivity index (χ3v) is 6.82. The molecule has 0 aliphatic heterocycles. The number of benzene rings is 1. The molecule has 1 fully saturated rings. The number of H-pyrrole nitrogens is 1. The lowest BCUT2D eigenvalue weighted by Crippen LogP contribution is -2.49. The second-order valence-corrected chi connectivity index (χ2v) is 9.28. The standard InChI is InChI=1S/C25H33N7O2/c1-5-32-21(14-26-31-32)24(33)28-23(19-8-6-15(2)7-9-19)25(34)27-20-12-10-18(11-13-20)22-16(3)29-30-17(22)4/h10-15,19,23H,5-9H2,1-4H3,(H,27,34)(H,28,33)(H,29,30)/t15?,19?,23-/m0/s1. The van der Waals surface area contributed by atoms with E-state index < -0.39 is 6.04 Å². The predicted molar refractivity (Wildman–Crippen MR) is 130 cm³/mol. The highest BCUT2D eigenvalue weighted by Crippen LogP contribution is 2.31. The number of carbonyl (C=O) groups excluding carboxylic acids is 2. The Morgan fingerprint density at radius 1 is 1.15 bits per heavy atom. The number of hydrogen-bond donors (Lipinski definition) is 3. The van der Waals surface area contributed by atoms with Gasteiger partial charge in [-0.3, -0.25) is 14.7 Å². The molecule has 3 aromatic rings. The number of amides is 2. The molecule has 4 rings (SSSR count). The molecule has 0 bridgehead atoms. The Morgan fingerprint density at radius 3 is 2.47 bits per heavy atom. The molecule has 180 valence electrons. The first-order valence-electron chi connectivity index (χ1n) is 12.0. The van der Waals surface area contributed by atoms with E-state index >= 15 is 0 Å². The number of nitrogens with one attached hydrogen (secondary N) is 3. The van der Waals surface area contributed by atoms with Gasteiger partial charge in [-0.05, 0) is 63.1 Å². The van der Waals surface area contributed by atoms with Crippen molar-refractivity contribution in [1.29, 1.82) is 0 Å². The van der Waals surface area contributed by atoms with Crippen molar-refractivity contribution in [3.8, 4) is 11.1 Å². The lowest BCUT2D eigenvalue weighted by atomic mass is 9.79. The van der Waals surface area contributed by atoms with E-state index in [1.54, 1.807) is 0 Å². The van der Waals surface area contributed by atoms with Crippen LogP contribution in [0.2, 0.25) is 0 Å². The highest BCUT2D eigenvalue weighted by molar-refractivity contribution is 6.00. The van der Waals surface area contributed by atoms with E-state index in [0.717, 1.165) is 48.2 Å². The van der Waals surface area contributed by atoms with Gasteiger partial charge in [0.1, 0.15) is 11.7 Å². The molecular weight excluding hydrogens is 430 g/mol. The predicted octanol–water partition coefficient (Wildman–Crippen LogP) is 3.87. The molecule has 9 heteroatoms. The lowest BCUT2D eigenvalue weighted by Gasteiger charge is -2.32. The molecule has 3 N–H and O–H groups in total. The van der Waals surface area contributed by atoms with Gasteiger partial charge in [-0.15, -0.1) is 5.10 Å². The van der Waals surface area contributed by atoms with E-state index in [4.69, 9.17) is 0 Å². The number of hydrogen-bond acceptors (Lipinski definition) is 5. The summed E-state index contributed by atoms with van der Waals surface area (Å²) in [6.45, 7) is 8.62. The first-order chi connectivity index (χ1) is 16.4. The fraction of sp³-hybridized carbons (Fsp3) is 0.480. The SMILES string of the molecule is CCn1nncc1C(=O)N[C@H](C(=O)Nc1ccc(-c2c(C)n[nH]c2C)cc1)C1CCC(C)CC1. The van der Waals surface area contributed by atoms with Gasteiger partial charge in [0.05, 0.1) is 11.9 Å². The van der Waals surface area contributed by atoms with Gasteiger partial charge in [0.25, 0.3) is 5.91 Å². The molecule has 1 aliphatic carbocycles. The Labute approximate surface area is 199 Å². The van der Waals surface area contributed by atoms with E-state index in [2.05, 4.69) is 38.1 Å². The fourth-order valence-corrected chi connectivity index (χ4v) is 4.82. The average molecular weight is 464 g/mol. The third-order valence-electron chi connectivity index (χ3n) is 6.82. The lowest BCUT2D eigenvalue weighted by molar-refractivity contribution is -0.119. The van der Waals surface area contributed by atoms with Crippen molar-refractivity contribution >= 4 is 17.5 Å². The maximum atomic E-state index is 13.4. The van der Waals surface area contributed by atoms with Gasteiger partial charge in [-0.2, -0.15) is 5.10 Å². The van der Waals surface area contributed by atoms with Gasteiger partial charge in [0, 0.05) is 23.5 Å². The number of carbonyl (C=O) groups is 2. The number of aromatic nitrogens is 5. The molecular formula is C25H33N7O2. The molecule has 1 atom stereocenters. The van der Waals surface area contributed by atoms with Gasteiger partial charge >= 0.3 is 0 Å². The smallest absolute Gasteiger partial charge is 0.271 e. The zero-order chi connectivity index (χ0) is 24.2. The molecule has 2 heterocycles. The van der Waals surface area contributed by atoms with Crippen molar-refractivity contribution in [1.82, 2.24) is 30.5 Å². The number of nitrogens with zero attached hydrogens (tertiary/aromatic N) is 4. The van der Waals surface area contributed by atoms with Crippen LogP contribution in [0.15, 0.2) is 30.5 Å². The first-order valence-corrected chi connectivity index (χ1v) is 12.0. The number of aryl methyl sites for hydroxylation is 3. The number of anilines is 1. The summed E-state index contributed by atoms with van der Waals surface area (Å²) in [4.78, 5) is 26.4. The Balaban J connectivity index is 1.51. The largest absolute Gasteiger partial charge is 0.339 e. The maximum Gasteiger partial charge on any atom is 0.271 e. The summed E-state index contributed by atoms with van der Waals surface area (Å²) in [5, 5.41) is 21.0. The van der Waals surface area contributed by atoms with Crippen LogP contribution in [0, 0.1) is 25.7 Å². The van der Waals surface area contributed by atoms with Crippen LogP contribution in [0.4, 0.5) is 5.69 Å². The van der Waals surface area contributed by atoms with Gasteiger partial charge < -0.3 is 10.6 Å². The Bertz CT molecular complexity index is 1120. The molecule has 0 saturated heterocycles. The van der Waals surface area contributed by atoms with Gasteiger partial charge in [-0.1, -0.05) is 37.1 Å². The minimum atomic E-state index is -0.627. The van der Waals surface area contributed by atoms with Crippen molar-refractivity contribution < 1.29 is 9.59 Å². The molecule has 0 unspecified atom stereocenters. The zero-order valence-corrected chi connectivity index (χ0v) is 20.3. The molecule has 1 aliphatic rings. The van der Waals surface area contributed by atoms with Gasteiger partial charge in [-0.25, -0.2) is 4.68 Å². The number of aromatic amines is 1. The maximum absolute atomic E-state index is 13.4. The van der Waals surface area contributed by atoms with E-state index in [-0.39, 0.29) is 17.7 Å². The summed E-state index contributed by atoms with van der Waals surface area (Å²) in [5.41, 5.74) is 5.10. The fourth-order valence-electron chi connectivity index (χ4n) is 4.82. The van der Waals surface area contributed by atoms with E-state index in [0.29, 0.717) is 23.8 Å². The quantitative estimate of drug-likeness (QED) is 0.492. The molecule has 1 saturated carbocycles. The molecule has 2 amide bonds. The van der Waals surface area contributed by atoms with Crippen molar-refractivity contribution in [2.45, 2.75) is 66.0 Å². The molecule has 9 nitrogen and oxygen atoms in total. The van der Waals surface area contributed by atoms with Gasteiger partial charge in [0.15, 0.2) is 0 Å². The molecule has 0 radical (unpaired) electrons. The Morgan fingerprint density at radius 2 is 1.85 bits per heavy atom. The molecule has 0 spiro atoms. The molecule has 2 aromatic heterocycles. The van der Waals surface area contributed by atoms with Crippen LogP contribution in [-0.2, 0) is 11.3 Å². The van der Waals surface area contributed by atoms with Crippen molar-refractivity contribution in [2.75, 3.05) is 5.32 Å². The minimum absolute atomic E-state index is 0.0848. The summed E-state index contributed by atoms with van der Waals surface area (Å²) in [6, 6.07) is 7.09. The van der Waals surface area contributed by atoms with Crippen LogP contribution < -0.4 is 10.6 Å². The summed E-state index contributed by atoms with van der Waals surface area (Å²) in [5.74, 6) is 0.198. The van der Waals surface area contributed by atoms with Crippen LogP contribution in [0.1, 0.15) is 61.4 Å². The third kappa shape index (κ3) is 5.03. The van der Waals surface area contributed by atoms with Crippen molar-refractivity contribution in [3.05, 3.63) is 47.5 Å². The topological polar surface area (TPSA) is 118 Å². The van der Waals surface area contributed by atoms with E-state index in [1.165, 1.54) is 10.9 Å². The summed E-state index contributed by atoms with van der Waals surface area (Å²) in [7, 11) is 0. The van der Waals surface area contributed by atoms with Crippen LogP contribution in [0.3, 0.4) is 0 Å². The monoisotopic (exact) mass is 463 g/mol. The second kappa shape index (κ2) is 10.2. The molecule has 34 heavy (non-hydrogen) atoms. The summed E-state index contributed by atoms with van der Waals surface area (Å²) >= 11 is 0. The van der Waals surface area contributed by atoms with Crippen molar-refractivity contribution in [2.24, 2.45) is 11.8 Å². The van der Waals surface area contributed by atoms with E-state index in [1.807, 2.05) is 45.0 Å². The number of rotatable bonds is 7. The van der Waals surface area contributed by atoms with Crippen LogP contribution in [-0.4, -0.2) is 43.0 Å². The molecule has 1 aromatic carbocycles.